The highest BCUT2D eigenvalue weighted by molar-refractivity contribution is 7.99. The SMILES string of the molecule is C=CCSc1nnc2n(-c3ccc(Cl)cc3)c(=O)c3c4c(sc3n12)CN(C)CC4. The second-order valence-electron chi connectivity index (χ2n) is 7.01. The molecule has 29 heavy (non-hydrogen) atoms. The summed E-state index contributed by atoms with van der Waals surface area (Å²) in [5.41, 5.74) is 1.84. The van der Waals surface area contributed by atoms with E-state index >= 15 is 0 Å². The van der Waals surface area contributed by atoms with Crippen molar-refractivity contribution in [2.45, 2.75) is 18.1 Å². The molecule has 0 bridgehead atoms. The molecule has 0 N–H and O–H groups in total. The van der Waals surface area contributed by atoms with E-state index in [2.05, 4.69) is 28.7 Å². The molecule has 0 saturated carbocycles. The Morgan fingerprint density at radius 3 is 2.86 bits per heavy atom. The summed E-state index contributed by atoms with van der Waals surface area (Å²) in [6, 6.07) is 7.25. The molecule has 4 heterocycles. The van der Waals surface area contributed by atoms with Crippen molar-refractivity contribution in [3.05, 3.63) is 62.7 Å². The van der Waals surface area contributed by atoms with Crippen molar-refractivity contribution >= 4 is 50.7 Å². The number of nitrogens with zero attached hydrogens (tertiary/aromatic N) is 5. The standard InChI is InChI=1S/C20H18ClN5OS2/c1-3-10-28-20-23-22-19-25(13-6-4-12(21)5-7-13)17(27)16-14-8-9-24(2)11-15(14)29-18(16)26(19)20/h3-7H,1,8-11H2,2H3. The summed E-state index contributed by atoms with van der Waals surface area (Å²) in [5, 5.41) is 10.9. The minimum atomic E-state index is -0.0513. The van der Waals surface area contributed by atoms with Crippen molar-refractivity contribution in [1.82, 2.24) is 24.1 Å². The molecule has 0 spiro atoms. The Kier molecular flexibility index (Phi) is 4.74. The van der Waals surface area contributed by atoms with Gasteiger partial charge in [0.15, 0.2) is 5.16 Å². The third kappa shape index (κ3) is 3.02. The second-order valence-corrected chi connectivity index (χ2v) is 9.51. The molecule has 1 aliphatic heterocycles. The monoisotopic (exact) mass is 443 g/mol. The zero-order valence-electron chi connectivity index (χ0n) is 15.8. The minimum absolute atomic E-state index is 0.0513. The first-order valence-electron chi connectivity index (χ1n) is 9.21. The van der Waals surface area contributed by atoms with Crippen molar-refractivity contribution in [3.8, 4) is 5.69 Å². The van der Waals surface area contributed by atoms with Crippen molar-refractivity contribution in [3.63, 3.8) is 0 Å². The van der Waals surface area contributed by atoms with Crippen LogP contribution in [-0.4, -0.2) is 43.4 Å². The van der Waals surface area contributed by atoms with Crippen LogP contribution in [0.15, 0.2) is 46.9 Å². The number of rotatable bonds is 4. The van der Waals surface area contributed by atoms with E-state index in [1.807, 2.05) is 22.6 Å². The van der Waals surface area contributed by atoms with E-state index in [0.29, 0.717) is 10.8 Å². The predicted octanol–water partition coefficient (Wildman–Crippen LogP) is 4.01. The number of fused-ring (bicyclic) bond motifs is 5. The number of hydrogen-bond acceptors (Lipinski definition) is 6. The molecule has 3 aromatic heterocycles. The van der Waals surface area contributed by atoms with Gasteiger partial charge in [-0.15, -0.1) is 28.1 Å². The summed E-state index contributed by atoms with van der Waals surface area (Å²) in [5.74, 6) is 1.24. The Bertz CT molecular complexity index is 1300. The van der Waals surface area contributed by atoms with E-state index < -0.39 is 0 Å². The van der Waals surface area contributed by atoms with Gasteiger partial charge in [-0.05, 0) is 43.3 Å². The van der Waals surface area contributed by atoms with Crippen LogP contribution < -0.4 is 5.56 Å². The molecule has 0 radical (unpaired) electrons. The van der Waals surface area contributed by atoms with E-state index in [4.69, 9.17) is 11.6 Å². The maximum Gasteiger partial charge on any atom is 0.268 e. The van der Waals surface area contributed by atoms with Crippen molar-refractivity contribution < 1.29 is 0 Å². The molecule has 1 aromatic carbocycles. The zero-order chi connectivity index (χ0) is 20.1. The molecular weight excluding hydrogens is 426 g/mol. The fourth-order valence-corrected chi connectivity index (χ4v) is 6.00. The van der Waals surface area contributed by atoms with Gasteiger partial charge in [0, 0.05) is 28.7 Å². The summed E-state index contributed by atoms with van der Waals surface area (Å²) in [4.78, 5) is 18.1. The average molecular weight is 444 g/mol. The summed E-state index contributed by atoms with van der Waals surface area (Å²) >= 11 is 9.30. The lowest BCUT2D eigenvalue weighted by Gasteiger charge is -2.21. The summed E-state index contributed by atoms with van der Waals surface area (Å²) < 4.78 is 3.66. The first kappa shape index (κ1) is 18.9. The molecular formula is C20H18ClN5OS2. The van der Waals surface area contributed by atoms with Crippen LogP contribution in [0.3, 0.4) is 0 Å². The van der Waals surface area contributed by atoms with Crippen LogP contribution >= 0.6 is 34.7 Å². The average Bonchev–Trinajstić information content (AvgIpc) is 3.28. The van der Waals surface area contributed by atoms with Gasteiger partial charge in [0.2, 0.25) is 5.78 Å². The number of hydrogen-bond donors (Lipinski definition) is 0. The van der Waals surface area contributed by atoms with E-state index in [-0.39, 0.29) is 5.56 Å². The van der Waals surface area contributed by atoms with E-state index in [1.165, 1.54) is 4.88 Å². The van der Waals surface area contributed by atoms with Gasteiger partial charge in [0.1, 0.15) is 4.83 Å². The van der Waals surface area contributed by atoms with Gasteiger partial charge in [-0.25, -0.2) is 8.97 Å². The summed E-state index contributed by atoms with van der Waals surface area (Å²) in [6.45, 7) is 5.60. The molecule has 148 valence electrons. The van der Waals surface area contributed by atoms with Gasteiger partial charge < -0.3 is 4.90 Å². The number of benzene rings is 1. The quantitative estimate of drug-likeness (QED) is 0.352. The Morgan fingerprint density at radius 2 is 2.10 bits per heavy atom. The minimum Gasteiger partial charge on any atom is -0.301 e. The van der Waals surface area contributed by atoms with Crippen molar-refractivity contribution in [1.29, 1.82) is 0 Å². The van der Waals surface area contributed by atoms with Crippen molar-refractivity contribution in [2.24, 2.45) is 0 Å². The molecule has 5 rings (SSSR count). The zero-order valence-corrected chi connectivity index (χ0v) is 18.1. The molecule has 4 aromatic rings. The second kappa shape index (κ2) is 7.28. The first-order valence-corrected chi connectivity index (χ1v) is 11.4. The number of aromatic nitrogens is 4. The third-order valence-corrected chi connectivity index (χ3v) is 7.46. The molecule has 0 fully saturated rings. The third-order valence-electron chi connectivity index (χ3n) is 5.08. The van der Waals surface area contributed by atoms with Crippen LogP contribution in [-0.2, 0) is 13.0 Å². The van der Waals surface area contributed by atoms with E-state index in [9.17, 15) is 4.79 Å². The first-order chi connectivity index (χ1) is 14.1. The predicted molar refractivity (Wildman–Crippen MR) is 120 cm³/mol. The van der Waals surface area contributed by atoms with Gasteiger partial charge >= 0.3 is 0 Å². The van der Waals surface area contributed by atoms with Crippen LogP contribution in [0.2, 0.25) is 5.02 Å². The summed E-state index contributed by atoms with van der Waals surface area (Å²) in [7, 11) is 2.11. The normalized spacial score (nSPS) is 14.6. The van der Waals surface area contributed by atoms with Crippen molar-refractivity contribution in [2.75, 3.05) is 19.3 Å². The van der Waals surface area contributed by atoms with Gasteiger partial charge in [-0.2, -0.15) is 0 Å². The highest BCUT2D eigenvalue weighted by atomic mass is 35.5. The molecule has 9 heteroatoms. The topological polar surface area (TPSA) is 55.4 Å². The number of thioether (sulfide) groups is 1. The largest absolute Gasteiger partial charge is 0.301 e. The van der Waals surface area contributed by atoms with E-state index in [0.717, 1.165) is 51.9 Å². The molecule has 0 amide bonds. The molecule has 0 saturated heterocycles. The fourth-order valence-electron chi connectivity index (χ4n) is 3.73. The molecule has 0 aliphatic carbocycles. The maximum atomic E-state index is 13.7. The highest BCUT2D eigenvalue weighted by Crippen LogP contribution is 2.35. The molecule has 1 aliphatic rings. The molecule has 6 nitrogen and oxygen atoms in total. The van der Waals surface area contributed by atoms with E-state index in [1.54, 1.807) is 39.8 Å². The number of thiophene rings is 1. The Balaban J connectivity index is 1.89. The van der Waals surface area contributed by atoms with Gasteiger partial charge in [0.25, 0.3) is 5.56 Å². The van der Waals surface area contributed by atoms with Gasteiger partial charge in [-0.1, -0.05) is 29.4 Å². The number of halogens is 1. The maximum absolute atomic E-state index is 13.7. The van der Waals surface area contributed by atoms with Crippen LogP contribution in [0, 0.1) is 0 Å². The lowest BCUT2D eigenvalue weighted by atomic mass is 10.1. The summed E-state index contributed by atoms with van der Waals surface area (Å²) in [6.07, 6.45) is 2.71. The lowest BCUT2D eigenvalue weighted by Crippen LogP contribution is -2.27. The molecule has 0 unspecified atom stereocenters. The Labute approximate surface area is 180 Å². The van der Waals surface area contributed by atoms with Gasteiger partial charge in [-0.3, -0.25) is 4.79 Å². The molecule has 0 atom stereocenters. The Hall–Kier alpha value is -2.13. The van der Waals surface area contributed by atoms with Crippen LogP contribution in [0.4, 0.5) is 0 Å². The van der Waals surface area contributed by atoms with Gasteiger partial charge in [0.05, 0.1) is 11.1 Å². The van der Waals surface area contributed by atoms with Crippen LogP contribution in [0.5, 0.6) is 0 Å². The Morgan fingerprint density at radius 1 is 1.31 bits per heavy atom. The number of likely N-dealkylation sites (N-methyl/N-ethyl adjacent to an activating group) is 1. The lowest BCUT2D eigenvalue weighted by molar-refractivity contribution is 0.318. The fraction of sp³-hybridized carbons (Fsp3) is 0.250. The smallest absolute Gasteiger partial charge is 0.268 e. The highest BCUT2D eigenvalue weighted by Gasteiger charge is 2.26. The van der Waals surface area contributed by atoms with Crippen LogP contribution in [0.25, 0.3) is 21.7 Å². The van der Waals surface area contributed by atoms with Crippen LogP contribution in [0.1, 0.15) is 10.4 Å².